The number of para-hydroxylation sites is 1. The normalized spacial score (nSPS) is 10.7. The van der Waals surface area contributed by atoms with Gasteiger partial charge in [0, 0.05) is 11.6 Å². The number of aromatic nitrogens is 4. The zero-order valence-corrected chi connectivity index (χ0v) is 16.1. The lowest BCUT2D eigenvalue weighted by atomic mass is 10.1. The molecule has 0 saturated heterocycles. The molecule has 0 amide bonds. The van der Waals surface area contributed by atoms with E-state index in [9.17, 15) is 4.79 Å². The van der Waals surface area contributed by atoms with Crippen molar-refractivity contribution in [2.24, 2.45) is 0 Å². The van der Waals surface area contributed by atoms with Gasteiger partial charge in [0.2, 0.25) is 5.88 Å². The standard InChI is InChI=1S/C21H18N4O4/c1-13(26)14-8-9-17(18(12-14)28-3)29-20-11-10-19-22-23-21(25(19)24-20)15-6-4-5-7-16(15)27-2/h4-12H,1-3H3. The number of carbonyl (C=O) groups is 1. The highest BCUT2D eigenvalue weighted by atomic mass is 16.5. The lowest BCUT2D eigenvalue weighted by Crippen LogP contribution is -2.00. The molecule has 8 heteroatoms. The van der Waals surface area contributed by atoms with Crippen LogP contribution in [0.2, 0.25) is 0 Å². The molecule has 2 aromatic heterocycles. The van der Waals surface area contributed by atoms with E-state index in [1.54, 1.807) is 42.0 Å². The molecule has 2 aromatic carbocycles. The first-order chi connectivity index (χ1) is 14.1. The quantitative estimate of drug-likeness (QED) is 0.463. The van der Waals surface area contributed by atoms with Crippen molar-refractivity contribution >= 4 is 11.4 Å². The zero-order chi connectivity index (χ0) is 20.4. The van der Waals surface area contributed by atoms with Crippen LogP contribution in [0.5, 0.6) is 23.1 Å². The highest BCUT2D eigenvalue weighted by Crippen LogP contribution is 2.33. The number of carbonyl (C=O) groups excluding carboxylic acids is 1. The van der Waals surface area contributed by atoms with E-state index in [0.717, 1.165) is 5.56 Å². The van der Waals surface area contributed by atoms with E-state index >= 15 is 0 Å². The molecule has 8 nitrogen and oxygen atoms in total. The highest BCUT2D eigenvalue weighted by Gasteiger charge is 2.15. The second kappa shape index (κ2) is 7.59. The van der Waals surface area contributed by atoms with Gasteiger partial charge in [-0.1, -0.05) is 12.1 Å². The van der Waals surface area contributed by atoms with Gasteiger partial charge < -0.3 is 14.2 Å². The number of ether oxygens (including phenoxy) is 3. The molecule has 0 unspecified atom stereocenters. The topological polar surface area (TPSA) is 87.8 Å². The molecule has 0 spiro atoms. The molecule has 0 atom stereocenters. The van der Waals surface area contributed by atoms with Gasteiger partial charge in [0.1, 0.15) is 5.75 Å². The maximum Gasteiger partial charge on any atom is 0.237 e. The Morgan fingerprint density at radius 1 is 0.897 bits per heavy atom. The molecule has 2 heterocycles. The second-order valence-corrected chi connectivity index (χ2v) is 6.19. The fourth-order valence-electron chi connectivity index (χ4n) is 2.91. The molecule has 4 aromatic rings. The second-order valence-electron chi connectivity index (χ2n) is 6.19. The summed E-state index contributed by atoms with van der Waals surface area (Å²) in [6.45, 7) is 1.50. The van der Waals surface area contributed by atoms with E-state index in [1.165, 1.54) is 14.0 Å². The average molecular weight is 390 g/mol. The number of rotatable bonds is 6. The first-order valence-corrected chi connectivity index (χ1v) is 8.83. The first-order valence-electron chi connectivity index (χ1n) is 8.83. The minimum Gasteiger partial charge on any atom is -0.496 e. The summed E-state index contributed by atoms with van der Waals surface area (Å²) >= 11 is 0. The lowest BCUT2D eigenvalue weighted by molar-refractivity contribution is 0.101. The number of nitrogens with zero attached hydrogens (tertiary/aromatic N) is 4. The van der Waals surface area contributed by atoms with Gasteiger partial charge >= 0.3 is 0 Å². The van der Waals surface area contributed by atoms with Crippen molar-refractivity contribution in [2.75, 3.05) is 14.2 Å². The first kappa shape index (κ1) is 18.4. The van der Waals surface area contributed by atoms with E-state index in [1.807, 2.05) is 24.3 Å². The average Bonchev–Trinajstić information content (AvgIpc) is 3.17. The molecule has 0 saturated carbocycles. The molecule has 0 fully saturated rings. The monoisotopic (exact) mass is 390 g/mol. The van der Waals surface area contributed by atoms with Crippen LogP contribution in [-0.4, -0.2) is 39.8 Å². The van der Waals surface area contributed by atoms with E-state index in [0.29, 0.717) is 40.2 Å². The summed E-state index contributed by atoms with van der Waals surface area (Å²) in [5, 5.41) is 12.9. The molecule has 0 aliphatic heterocycles. The van der Waals surface area contributed by atoms with Gasteiger partial charge in [-0.2, -0.15) is 4.52 Å². The largest absolute Gasteiger partial charge is 0.496 e. The number of methoxy groups -OCH3 is 2. The van der Waals surface area contributed by atoms with Crippen LogP contribution in [0, 0.1) is 0 Å². The van der Waals surface area contributed by atoms with Gasteiger partial charge in [0.25, 0.3) is 0 Å². The maximum absolute atomic E-state index is 11.6. The van der Waals surface area contributed by atoms with Crippen LogP contribution in [0.3, 0.4) is 0 Å². The molecular weight excluding hydrogens is 372 g/mol. The Morgan fingerprint density at radius 3 is 2.45 bits per heavy atom. The van der Waals surface area contributed by atoms with Crippen molar-refractivity contribution < 1.29 is 19.0 Å². The lowest BCUT2D eigenvalue weighted by Gasteiger charge is -2.11. The van der Waals surface area contributed by atoms with Gasteiger partial charge in [-0.15, -0.1) is 15.3 Å². The van der Waals surface area contributed by atoms with Crippen molar-refractivity contribution in [1.82, 2.24) is 19.8 Å². The SMILES string of the molecule is COc1cc(C(C)=O)ccc1Oc1ccc2nnc(-c3ccccc3OC)n2n1. The van der Waals surface area contributed by atoms with Crippen LogP contribution in [0.25, 0.3) is 17.0 Å². The van der Waals surface area contributed by atoms with Crippen LogP contribution in [0.15, 0.2) is 54.6 Å². The van der Waals surface area contributed by atoms with Gasteiger partial charge in [-0.05, 0) is 43.3 Å². The Balaban J connectivity index is 1.74. The summed E-state index contributed by atoms with van der Waals surface area (Å²) in [5.74, 6) is 2.34. The molecule has 0 N–H and O–H groups in total. The number of hydrogen-bond donors (Lipinski definition) is 0. The molecule has 4 rings (SSSR count). The van der Waals surface area contributed by atoms with E-state index < -0.39 is 0 Å². The van der Waals surface area contributed by atoms with E-state index in [-0.39, 0.29) is 5.78 Å². The molecule has 146 valence electrons. The minimum atomic E-state index is -0.0552. The van der Waals surface area contributed by atoms with Crippen LogP contribution in [-0.2, 0) is 0 Å². The van der Waals surface area contributed by atoms with Gasteiger partial charge in [-0.25, -0.2) is 0 Å². The van der Waals surface area contributed by atoms with Crippen molar-refractivity contribution in [3.8, 4) is 34.5 Å². The molecular formula is C21H18N4O4. The Hall–Kier alpha value is -3.94. The molecule has 0 aliphatic rings. The van der Waals surface area contributed by atoms with Crippen molar-refractivity contribution in [3.63, 3.8) is 0 Å². The Morgan fingerprint density at radius 2 is 1.69 bits per heavy atom. The number of hydrogen-bond acceptors (Lipinski definition) is 7. The Kier molecular flexibility index (Phi) is 4.82. The molecule has 29 heavy (non-hydrogen) atoms. The highest BCUT2D eigenvalue weighted by molar-refractivity contribution is 5.94. The minimum absolute atomic E-state index is 0.0552. The van der Waals surface area contributed by atoms with Crippen molar-refractivity contribution in [2.45, 2.75) is 6.92 Å². The third-order valence-electron chi connectivity index (χ3n) is 4.37. The fraction of sp³-hybridized carbons (Fsp3) is 0.143. The van der Waals surface area contributed by atoms with E-state index in [4.69, 9.17) is 14.2 Å². The summed E-state index contributed by atoms with van der Waals surface area (Å²) in [6.07, 6.45) is 0. The molecule has 0 radical (unpaired) electrons. The smallest absolute Gasteiger partial charge is 0.237 e. The summed E-state index contributed by atoms with van der Waals surface area (Å²) in [7, 11) is 3.11. The fourth-order valence-corrected chi connectivity index (χ4v) is 2.91. The van der Waals surface area contributed by atoms with Gasteiger partial charge in [0.15, 0.2) is 28.8 Å². The number of Topliss-reactive ketones (excluding diaryl/α,β-unsaturated/α-hetero) is 1. The molecule has 0 bridgehead atoms. The van der Waals surface area contributed by atoms with Gasteiger partial charge in [0.05, 0.1) is 19.8 Å². The Bertz CT molecular complexity index is 1200. The third-order valence-corrected chi connectivity index (χ3v) is 4.37. The Labute approximate surface area is 166 Å². The van der Waals surface area contributed by atoms with Crippen LogP contribution in [0.1, 0.15) is 17.3 Å². The summed E-state index contributed by atoms with van der Waals surface area (Å²) < 4.78 is 18.3. The van der Waals surface area contributed by atoms with Crippen LogP contribution in [0.4, 0.5) is 0 Å². The summed E-state index contributed by atoms with van der Waals surface area (Å²) in [6, 6.07) is 15.9. The number of ketones is 1. The predicted molar refractivity (Wildman–Crippen MR) is 106 cm³/mol. The number of fused-ring (bicyclic) bond motifs is 1. The maximum atomic E-state index is 11.6. The third kappa shape index (κ3) is 3.47. The number of benzene rings is 2. The van der Waals surface area contributed by atoms with Crippen LogP contribution >= 0.6 is 0 Å². The zero-order valence-electron chi connectivity index (χ0n) is 16.1. The molecule has 0 aliphatic carbocycles. The predicted octanol–water partition coefficient (Wildman–Crippen LogP) is 3.80. The summed E-state index contributed by atoms with van der Waals surface area (Å²) in [5.41, 5.74) is 1.86. The summed E-state index contributed by atoms with van der Waals surface area (Å²) in [4.78, 5) is 11.6. The van der Waals surface area contributed by atoms with E-state index in [2.05, 4.69) is 15.3 Å². The van der Waals surface area contributed by atoms with Crippen molar-refractivity contribution in [3.05, 3.63) is 60.2 Å². The van der Waals surface area contributed by atoms with Crippen LogP contribution < -0.4 is 14.2 Å². The van der Waals surface area contributed by atoms with Crippen molar-refractivity contribution in [1.29, 1.82) is 0 Å². The van der Waals surface area contributed by atoms with Gasteiger partial charge in [-0.3, -0.25) is 4.79 Å².